The number of aliphatic imine (C=N–C) groups is 1. The third-order valence-corrected chi connectivity index (χ3v) is 6.69. The van der Waals surface area contributed by atoms with Gasteiger partial charge in [-0.3, -0.25) is 5.32 Å². The molecule has 2 unspecified atom stereocenters. The van der Waals surface area contributed by atoms with Crippen molar-refractivity contribution < 1.29 is 27.1 Å². The number of carbonyl (C=O) groups excluding carboxylic acids is 1. The molecular formula is C18H25FN4O5S. The van der Waals surface area contributed by atoms with E-state index in [1.807, 2.05) is 0 Å². The first-order chi connectivity index (χ1) is 13.4. The fraction of sp³-hybridized carbons (Fsp3) is 0.556. The number of sulfonamides is 1. The van der Waals surface area contributed by atoms with E-state index in [0.29, 0.717) is 6.42 Å². The molecule has 0 aliphatic carbocycles. The number of carbonyl (C=O) groups is 1. The Labute approximate surface area is 169 Å². The van der Waals surface area contributed by atoms with Crippen LogP contribution in [0.2, 0.25) is 0 Å². The molecule has 2 heterocycles. The van der Waals surface area contributed by atoms with Crippen molar-refractivity contribution in [2.45, 2.75) is 50.2 Å². The fourth-order valence-electron chi connectivity index (χ4n) is 3.45. The van der Waals surface area contributed by atoms with Crippen molar-refractivity contribution in [1.82, 2.24) is 9.62 Å². The summed E-state index contributed by atoms with van der Waals surface area (Å²) < 4.78 is 52.7. The van der Waals surface area contributed by atoms with Gasteiger partial charge in [0.2, 0.25) is 11.4 Å². The number of benzene rings is 1. The molecule has 3 rings (SSSR count). The molecule has 0 radical (unpaired) electrons. The van der Waals surface area contributed by atoms with E-state index in [1.165, 1.54) is 19.2 Å². The van der Waals surface area contributed by atoms with Gasteiger partial charge in [0, 0.05) is 24.9 Å². The quantitative estimate of drug-likeness (QED) is 0.659. The molecule has 1 aromatic carbocycles. The molecule has 0 saturated carbocycles. The molecule has 0 aromatic heterocycles. The molecule has 2 atom stereocenters. The predicted octanol–water partition coefficient (Wildman–Crippen LogP) is 1.90. The minimum Gasteiger partial charge on any atom is -0.444 e. The number of halogens is 1. The van der Waals surface area contributed by atoms with Gasteiger partial charge in [0.15, 0.2) is 0 Å². The van der Waals surface area contributed by atoms with Gasteiger partial charge in [0.1, 0.15) is 17.0 Å². The zero-order valence-corrected chi connectivity index (χ0v) is 17.5. The Morgan fingerprint density at radius 1 is 1.45 bits per heavy atom. The second kappa shape index (κ2) is 7.13. The van der Waals surface area contributed by atoms with Crippen molar-refractivity contribution >= 4 is 27.8 Å². The van der Waals surface area contributed by atoms with E-state index in [4.69, 9.17) is 15.2 Å². The number of alkyl carbamates (subject to hydrolysis) is 1. The second-order valence-electron chi connectivity index (χ2n) is 8.04. The number of amides is 1. The molecule has 0 spiro atoms. The summed E-state index contributed by atoms with van der Waals surface area (Å²) >= 11 is 0. The molecule has 1 aromatic rings. The standard InChI is InChI=1S/C18H25FN4O5S/c1-17(2,3)28-16(24)21-15-22-18(12-10-11(20)6-7-13(12)19)8-5-9-27-14(18)29(25,26)23(15)4/h6-7,10,14H,5,8-9,20H2,1-4H3,(H,21,22,24). The van der Waals surface area contributed by atoms with Crippen molar-refractivity contribution in [2.24, 2.45) is 4.99 Å². The van der Waals surface area contributed by atoms with Gasteiger partial charge in [-0.15, -0.1) is 0 Å². The Morgan fingerprint density at radius 3 is 2.79 bits per heavy atom. The Kier molecular flexibility index (Phi) is 5.24. The minimum absolute atomic E-state index is 0.00219. The van der Waals surface area contributed by atoms with Gasteiger partial charge in [-0.1, -0.05) is 0 Å². The number of hydrogen-bond donors (Lipinski definition) is 2. The van der Waals surface area contributed by atoms with Crippen molar-refractivity contribution in [3.8, 4) is 0 Å². The third-order valence-electron chi connectivity index (χ3n) is 4.69. The van der Waals surface area contributed by atoms with Crippen LogP contribution in [0.3, 0.4) is 0 Å². The molecular weight excluding hydrogens is 403 g/mol. The SMILES string of the molecule is CN1C(NC(=O)OC(C)(C)C)=NC2(c3cc(N)ccc3F)CCCOC2S1(=O)=O. The summed E-state index contributed by atoms with van der Waals surface area (Å²) in [5.74, 6) is -0.933. The largest absolute Gasteiger partial charge is 0.444 e. The summed E-state index contributed by atoms with van der Waals surface area (Å²) in [6.07, 6.45) is -0.227. The molecule has 160 valence electrons. The zero-order valence-electron chi connectivity index (χ0n) is 16.7. The summed E-state index contributed by atoms with van der Waals surface area (Å²) in [6.45, 7) is 5.20. The first-order valence-corrected chi connectivity index (χ1v) is 10.6. The second-order valence-corrected chi connectivity index (χ2v) is 10.1. The van der Waals surface area contributed by atoms with Crippen LogP contribution in [0.15, 0.2) is 23.2 Å². The number of ether oxygens (including phenoxy) is 2. The van der Waals surface area contributed by atoms with Crippen molar-refractivity contribution in [2.75, 3.05) is 19.4 Å². The van der Waals surface area contributed by atoms with Gasteiger partial charge in [0.05, 0.1) is 0 Å². The predicted molar refractivity (Wildman–Crippen MR) is 105 cm³/mol. The van der Waals surface area contributed by atoms with Crippen LogP contribution in [-0.4, -0.2) is 49.5 Å². The van der Waals surface area contributed by atoms with E-state index < -0.39 is 38.5 Å². The van der Waals surface area contributed by atoms with Crippen molar-refractivity contribution in [3.05, 3.63) is 29.6 Å². The first kappa shape index (κ1) is 21.3. The minimum atomic E-state index is -4.13. The van der Waals surface area contributed by atoms with E-state index in [2.05, 4.69) is 10.3 Å². The average molecular weight is 428 g/mol. The number of fused-ring (bicyclic) bond motifs is 1. The molecule has 1 amide bonds. The van der Waals surface area contributed by atoms with Crippen LogP contribution in [0.5, 0.6) is 0 Å². The lowest BCUT2D eigenvalue weighted by molar-refractivity contribution is 0.000164. The summed E-state index contributed by atoms with van der Waals surface area (Å²) in [5, 5.41) is 2.37. The molecule has 29 heavy (non-hydrogen) atoms. The van der Waals surface area contributed by atoms with Gasteiger partial charge in [-0.2, -0.15) is 0 Å². The van der Waals surface area contributed by atoms with Crippen LogP contribution < -0.4 is 11.1 Å². The molecule has 3 N–H and O–H groups in total. The molecule has 0 bridgehead atoms. The maximum atomic E-state index is 14.8. The molecule has 2 aliphatic heterocycles. The number of guanidine groups is 1. The maximum absolute atomic E-state index is 14.8. The number of rotatable bonds is 1. The molecule has 1 saturated heterocycles. The van der Waals surface area contributed by atoms with E-state index in [0.717, 1.165) is 10.4 Å². The maximum Gasteiger partial charge on any atom is 0.414 e. The Bertz CT molecular complexity index is 959. The van der Waals surface area contributed by atoms with Gasteiger partial charge < -0.3 is 15.2 Å². The summed E-state index contributed by atoms with van der Waals surface area (Å²) in [7, 11) is -2.90. The summed E-state index contributed by atoms with van der Waals surface area (Å²) in [5.41, 5.74) is 2.25. The van der Waals surface area contributed by atoms with Crippen LogP contribution in [0.4, 0.5) is 14.9 Å². The van der Waals surface area contributed by atoms with Crippen LogP contribution in [-0.2, 0) is 25.0 Å². The highest BCUT2D eigenvalue weighted by molar-refractivity contribution is 7.90. The summed E-state index contributed by atoms with van der Waals surface area (Å²) in [6, 6.07) is 3.89. The highest BCUT2D eigenvalue weighted by Gasteiger charge is 2.57. The number of nitrogens with zero attached hydrogens (tertiary/aromatic N) is 2. The topological polar surface area (TPSA) is 123 Å². The zero-order chi connectivity index (χ0) is 21.6. The lowest BCUT2D eigenvalue weighted by atomic mass is 9.84. The number of nitrogens with two attached hydrogens (primary N) is 1. The van der Waals surface area contributed by atoms with Gasteiger partial charge in [-0.25, -0.2) is 26.9 Å². The lowest BCUT2D eigenvalue weighted by Crippen LogP contribution is -2.61. The highest BCUT2D eigenvalue weighted by Crippen LogP contribution is 2.46. The van der Waals surface area contributed by atoms with E-state index in [1.54, 1.807) is 20.8 Å². The summed E-state index contributed by atoms with van der Waals surface area (Å²) in [4.78, 5) is 16.7. The van der Waals surface area contributed by atoms with Crippen LogP contribution in [0, 0.1) is 5.82 Å². The van der Waals surface area contributed by atoms with Crippen LogP contribution in [0.25, 0.3) is 0 Å². The fourth-order valence-corrected chi connectivity index (χ4v) is 5.12. The number of nitrogen functional groups attached to an aromatic ring is 1. The Morgan fingerprint density at radius 2 is 2.14 bits per heavy atom. The van der Waals surface area contributed by atoms with Gasteiger partial charge >= 0.3 is 6.09 Å². The highest BCUT2D eigenvalue weighted by atomic mass is 32.2. The monoisotopic (exact) mass is 428 g/mol. The smallest absolute Gasteiger partial charge is 0.414 e. The van der Waals surface area contributed by atoms with Crippen molar-refractivity contribution in [3.63, 3.8) is 0 Å². The Hall–Kier alpha value is -2.40. The number of hydrogen-bond acceptors (Lipinski definition) is 7. The normalized spacial score (nSPS) is 26.3. The van der Waals surface area contributed by atoms with Gasteiger partial charge in [0.25, 0.3) is 10.0 Å². The van der Waals surface area contributed by atoms with E-state index >= 15 is 0 Å². The molecule has 9 nitrogen and oxygen atoms in total. The molecule has 1 fully saturated rings. The molecule has 11 heteroatoms. The number of anilines is 1. The number of nitrogens with one attached hydrogen (secondary N) is 1. The van der Waals surface area contributed by atoms with Gasteiger partial charge in [-0.05, 0) is 51.8 Å². The van der Waals surface area contributed by atoms with E-state index in [-0.39, 0.29) is 30.2 Å². The Balaban J connectivity index is 2.15. The van der Waals surface area contributed by atoms with Crippen molar-refractivity contribution in [1.29, 1.82) is 0 Å². The lowest BCUT2D eigenvalue weighted by Gasteiger charge is -2.46. The third kappa shape index (κ3) is 3.88. The van der Waals surface area contributed by atoms with E-state index in [9.17, 15) is 17.6 Å². The average Bonchev–Trinajstić information content (AvgIpc) is 2.60. The molecule has 2 aliphatic rings. The van der Waals surface area contributed by atoms with Crippen LogP contribution >= 0.6 is 0 Å². The first-order valence-electron chi connectivity index (χ1n) is 9.11. The van der Waals surface area contributed by atoms with Crippen LogP contribution in [0.1, 0.15) is 39.2 Å².